The average molecular weight is 329 g/mol. The van der Waals surface area contributed by atoms with Gasteiger partial charge < -0.3 is 5.32 Å². The number of benzene rings is 1. The van der Waals surface area contributed by atoms with Gasteiger partial charge in [0.1, 0.15) is 4.90 Å². The van der Waals surface area contributed by atoms with E-state index >= 15 is 0 Å². The molecule has 4 nitrogen and oxygen atoms in total. The van der Waals surface area contributed by atoms with Gasteiger partial charge in [0.15, 0.2) is 0 Å². The molecule has 0 atom stereocenters. The minimum absolute atomic E-state index is 0.264. The summed E-state index contributed by atoms with van der Waals surface area (Å²) in [6.07, 6.45) is -4.55. The van der Waals surface area contributed by atoms with Gasteiger partial charge in [0.25, 0.3) is 0 Å². The molecule has 9 heteroatoms. The molecule has 1 aliphatic heterocycles. The Bertz CT molecular complexity index is 598. The zero-order chi connectivity index (χ0) is 15.0. The quantitative estimate of drug-likeness (QED) is 0.903. The molecule has 0 amide bonds. The number of halogens is 4. The highest BCUT2D eigenvalue weighted by molar-refractivity contribution is 7.89. The molecule has 0 aliphatic carbocycles. The van der Waals surface area contributed by atoms with E-state index in [2.05, 4.69) is 5.32 Å². The molecule has 112 valence electrons. The third-order valence-electron chi connectivity index (χ3n) is 2.95. The van der Waals surface area contributed by atoms with E-state index in [9.17, 15) is 21.6 Å². The highest BCUT2D eigenvalue weighted by Crippen LogP contribution is 2.34. The number of nitrogens with one attached hydrogen (secondary N) is 1. The molecule has 0 saturated carbocycles. The van der Waals surface area contributed by atoms with Crippen molar-refractivity contribution >= 4 is 21.6 Å². The van der Waals surface area contributed by atoms with Gasteiger partial charge in [-0.2, -0.15) is 17.5 Å². The van der Waals surface area contributed by atoms with Crippen molar-refractivity contribution in [3.63, 3.8) is 0 Å². The van der Waals surface area contributed by atoms with Crippen LogP contribution in [0.25, 0.3) is 0 Å². The van der Waals surface area contributed by atoms with Crippen molar-refractivity contribution in [1.82, 2.24) is 9.62 Å². The lowest BCUT2D eigenvalue weighted by atomic mass is 10.2. The van der Waals surface area contributed by atoms with Crippen LogP contribution >= 0.6 is 11.6 Å². The number of hydrogen-bond acceptors (Lipinski definition) is 3. The molecule has 1 aromatic rings. The van der Waals surface area contributed by atoms with Crippen molar-refractivity contribution < 1.29 is 21.6 Å². The van der Waals surface area contributed by atoms with Gasteiger partial charge in [-0.05, 0) is 18.2 Å². The summed E-state index contributed by atoms with van der Waals surface area (Å²) in [7, 11) is -3.86. The number of hydrogen-bond donors (Lipinski definition) is 1. The van der Waals surface area contributed by atoms with E-state index in [1.54, 1.807) is 0 Å². The van der Waals surface area contributed by atoms with Crippen LogP contribution in [-0.4, -0.2) is 38.9 Å². The Kier molecular flexibility index (Phi) is 4.29. The maximum absolute atomic E-state index is 12.5. The number of rotatable bonds is 2. The molecule has 0 aromatic heterocycles. The molecule has 1 saturated heterocycles. The summed E-state index contributed by atoms with van der Waals surface area (Å²) in [5.41, 5.74) is -0.971. The van der Waals surface area contributed by atoms with Crippen LogP contribution in [0.1, 0.15) is 5.56 Å². The lowest BCUT2D eigenvalue weighted by Crippen LogP contribution is -2.46. The predicted molar refractivity (Wildman–Crippen MR) is 68.1 cm³/mol. The first-order chi connectivity index (χ1) is 9.23. The normalized spacial score (nSPS) is 18.2. The maximum atomic E-state index is 12.5. The summed E-state index contributed by atoms with van der Waals surface area (Å²) in [4.78, 5) is -0.297. The predicted octanol–water partition coefficient (Wildman–Crippen LogP) is 1.95. The lowest BCUT2D eigenvalue weighted by Gasteiger charge is -2.27. The van der Waals surface area contributed by atoms with Gasteiger partial charge in [0.05, 0.1) is 10.6 Å². The molecule has 2 rings (SSSR count). The standard InChI is InChI=1S/C11H12ClF3N2O2S/c12-9-7-8(11(13,14)15)1-2-10(9)20(18,19)17-5-3-16-4-6-17/h1-2,7,16H,3-6H2. The molecule has 20 heavy (non-hydrogen) atoms. The Morgan fingerprint density at radius 3 is 2.30 bits per heavy atom. The number of piperazine rings is 1. The first-order valence-electron chi connectivity index (χ1n) is 5.80. The van der Waals surface area contributed by atoms with Crippen LogP contribution in [0.4, 0.5) is 13.2 Å². The third kappa shape index (κ3) is 3.08. The summed E-state index contributed by atoms with van der Waals surface area (Å²) in [6.45, 7) is 1.52. The van der Waals surface area contributed by atoms with Crippen LogP contribution in [0.5, 0.6) is 0 Å². The van der Waals surface area contributed by atoms with E-state index < -0.39 is 26.8 Å². The van der Waals surface area contributed by atoms with Crippen LogP contribution in [-0.2, 0) is 16.2 Å². The van der Waals surface area contributed by atoms with E-state index in [0.29, 0.717) is 19.2 Å². The van der Waals surface area contributed by atoms with E-state index in [4.69, 9.17) is 11.6 Å². The first-order valence-corrected chi connectivity index (χ1v) is 7.62. The topological polar surface area (TPSA) is 49.4 Å². The summed E-state index contributed by atoms with van der Waals surface area (Å²) in [6, 6.07) is 2.26. The highest BCUT2D eigenvalue weighted by Gasteiger charge is 2.33. The second kappa shape index (κ2) is 5.51. The van der Waals surface area contributed by atoms with Crippen LogP contribution in [0.3, 0.4) is 0 Å². The van der Waals surface area contributed by atoms with Gasteiger partial charge in [-0.25, -0.2) is 8.42 Å². The van der Waals surface area contributed by atoms with Crippen LogP contribution in [0, 0.1) is 0 Å². The van der Waals surface area contributed by atoms with Gasteiger partial charge in [0, 0.05) is 26.2 Å². The fourth-order valence-electron chi connectivity index (χ4n) is 1.91. The molecule has 0 unspecified atom stereocenters. The van der Waals surface area contributed by atoms with Gasteiger partial charge in [-0.15, -0.1) is 0 Å². The molecular weight excluding hydrogens is 317 g/mol. The number of alkyl halides is 3. The van der Waals surface area contributed by atoms with Gasteiger partial charge in [-0.3, -0.25) is 0 Å². The van der Waals surface area contributed by atoms with Crippen LogP contribution < -0.4 is 5.32 Å². The molecule has 0 spiro atoms. The van der Waals surface area contributed by atoms with E-state index in [1.165, 1.54) is 4.31 Å². The SMILES string of the molecule is O=S(=O)(c1ccc(C(F)(F)F)cc1Cl)N1CCNCC1. The molecule has 0 bridgehead atoms. The fraction of sp³-hybridized carbons (Fsp3) is 0.455. The Hall–Kier alpha value is -0.830. The molecule has 1 N–H and O–H groups in total. The molecular formula is C11H12ClF3N2O2S. The summed E-state index contributed by atoms with van der Waals surface area (Å²) < 4.78 is 63.4. The van der Waals surface area contributed by atoms with Crippen LogP contribution in [0.15, 0.2) is 23.1 Å². The minimum Gasteiger partial charge on any atom is -0.314 e. The zero-order valence-electron chi connectivity index (χ0n) is 10.2. The number of sulfonamides is 1. The van der Waals surface area contributed by atoms with Crippen molar-refractivity contribution in [2.45, 2.75) is 11.1 Å². The van der Waals surface area contributed by atoms with Crippen molar-refractivity contribution in [3.05, 3.63) is 28.8 Å². The van der Waals surface area contributed by atoms with E-state index in [0.717, 1.165) is 12.1 Å². The largest absolute Gasteiger partial charge is 0.416 e. The Labute approximate surface area is 119 Å². The summed E-state index contributed by atoms with van der Waals surface area (Å²) in [5.74, 6) is 0. The molecule has 1 heterocycles. The van der Waals surface area contributed by atoms with Crippen molar-refractivity contribution in [2.24, 2.45) is 0 Å². The average Bonchev–Trinajstić information content (AvgIpc) is 2.38. The minimum atomic E-state index is -4.55. The van der Waals surface area contributed by atoms with Gasteiger partial charge in [-0.1, -0.05) is 11.6 Å². The maximum Gasteiger partial charge on any atom is 0.416 e. The second-order valence-corrected chi connectivity index (χ2v) is 6.61. The van der Waals surface area contributed by atoms with Gasteiger partial charge >= 0.3 is 6.18 Å². The summed E-state index contributed by atoms with van der Waals surface area (Å²) in [5, 5.41) is 2.58. The summed E-state index contributed by atoms with van der Waals surface area (Å²) >= 11 is 5.72. The van der Waals surface area contributed by atoms with Crippen molar-refractivity contribution in [1.29, 1.82) is 0 Å². The molecule has 1 aromatic carbocycles. The van der Waals surface area contributed by atoms with Gasteiger partial charge in [0.2, 0.25) is 10.0 Å². The van der Waals surface area contributed by atoms with Crippen molar-refractivity contribution in [2.75, 3.05) is 26.2 Å². The Balaban J connectivity index is 2.37. The number of nitrogens with zero attached hydrogens (tertiary/aromatic N) is 1. The lowest BCUT2D eigenvalue weighted by molar-refractivity contribution is -0.137. The highest BCUT2D eigenvalue weighted by atomic mass is 35.5. The van der Waals surface area contributed by atoms with E-state index in [1.807, 2.05) is 0 Å². The Morgan fingerprint density at radius 2 is 1.80 bits per heavy atom. The van der Waals surface area contributed by atoms with E-state index in [-0.39, 0.29) is 18.0 Å². The third-order valence-corrected chi connectivity index (χ3v) is 5.33. The molecule has 0 radical (unpaired) electrons. The zero-order valence-corrected chi connectivity index (χ0v) is 11.8. The monoisotopic (exact) mass is 328 g/mol. The fourth-order valence-corrected chi connectivity index (χ4v) is 3.87. The smallest absolute Gasteiger partial charge is 0.314 e. The van der Waals surface area contributed by atoms with Crippen LogP contribution in [0.2, 0.25) is 5.02 Å². The first kappa shape index (κ1) is 15.6. The Morgan fingerprint density at radius 1 is 1.20 bits per heavy atom. The second-order valence-electron chi connectivity index (χ2n) is 4.30. The molecule has 1 aliphatic rings. The van der Waals surface area contributed by atoms with Crippen molar-refractivity contribution in [3.8, 4) is 0 Å². The molecule has 1 fully saturated rings.